The number of carbonyl (C=O) groups is 2. The molecule has 1 aliphatic heterocycles. The number of sulfone groups is 1. The Labute approximate surface area is 265 Å². The number of fused-ring (bicyclic) bond motifs is 1. The van der Waals surface area contributed by atoms with E-state index in [0.717, 1.165) is 31.4 Å². The average molecular weight is 639 g/mol. The van der Waals surface area contributed by atoms with E-state index in [1.807, 2.05) is 48.7 Å². The lowest BCUT2D eigenvalue weighted by Gasteiger charge is -2.36. The Balaban J connectivity index is 1.72. The standard InChI is InChI=1S/C34H42N2O6S2/c1-6-8-19-34(7-2)23-36(26-17-13-10-14-18-26)27-20-29(43-5)28(21-30(27)44(39,40)24-34)42-22-31(37)35(3)32(33(38)41-4)25-15-11-9-12-16-25/h9-18,20-21,32H,6-8,19,22-24H2,1-5H3. The van der Waals surface area contributed by atoms with Gasteiger partial charge in [0.15, 0.2) is 22.5 Å². The number of nitrogens with zero attached hydrogens (tertiary/aromatic N) is 2. The molecule has 0 saturated carbocycles. The van der Waals surface area contributed by atoms with Crippen molar-refractivity contribution in [2.24, 2.45) is 5.41 Å². The number of likely N-dealkylation sites (N-methyl/N-ethyl adjacent to an activating group) is 1. The van der Waals surface area contributed by atoms with Crippen molar-refractivity contribution in [3.63, 3.8) is 0 Å². The third-order valence-electron chi connectivity index (χ3n) is 8.41. The molecule has 0 bridgehead atoms. The summed E-state index contributed by atoms with van der Waals surface area (Å²) in [6.45, 7) is 4.39. The lowest BCUT2D eigenvalue weighted by molar-refractivity contribution is -0.152. The highest BCUT2D eigenvalue weighted by Gasteiger charge is 2.42. The van der Waals surface area contributed by atoms with E-state index in [1.165, 1.54) is 30.8 Å². The van der Waals surface area contributed by atoms with Gasteiger partial charge in [0, 0.05) is 30.8 Å². The Morgan fingerprint density at radius 3 is 2.30 bits per heavy atom. The van der Waals surface area contributed by atoms with Gasteiger partial charge in [-0.25, -0.2) is 13.2 Å². The highest BCUT2D eigenvalue weighted by Crippen LogP contribution is 2.47. The van der Waals surface area contributed by atoms with E-state index in [1.54, 1.807) is 30.3 Å². The van der Waals surface area contributed by atoms with Crippen LogP contribution in [0.4, 0.5) is 11.4 Å². The van der Waals surface area contributed by atoms with Crippen LogP contribution in [-0.4, -0.2) is 64.5 Å². The average Bonchev–Trinajstić information content (AvgIpc) is 3.14. The first-order chi connectivity index (χ1) is 21.1. The van der Waals surface area contributed by atoms with Crippen LogP contribution in [0.25, 0.3) is 0 Å². The molecule has 0 aromatic heterocycles. The summed E-state index contributed by atoms with van der Waals surface area (Å²) in [6, 6.07) is 21.3. The Morgan fingerprint density at radius 2 is 1.70 bits per heavy atom. The van der Waals surface area contributed by atoms with Crippen molar-refractivity contribution in [3.8, 4) is 5.75 Å². The van der Waals surface area contributed by atoms with Crippen molar-refractivity contribution in [1.29, 1.82) is 0 Å². The van der Waals surface area contributed by atoms with Gasteiger partial charge in [-0.1, -0.05) is 75.2 Å². The molecule has 0 aliphatic carbocycles. The van der Waals surface area contributed by atoms with E-state index in [-0.39, 0.29) is 17.3 Å². The van der Waals surface area contributed by atoms with E-state index >= 15 is 0 Å². The van der Waals surface area contributed by atoms with Gasteiger partial charge in [0.2, 0.25) is 0 Å². The molecule has 4 rings (SSSR count). The fourth-order valence-corrected chi connectivity index (χ4v) is 8.52. The quantitative estimate of drug-likeness (QED) is 0.160. The minimum absolute atomic E-state index is 0.0322. The topological polar surface area (TPSA) is 93.2 Å². The molecular weight excluding hydrogens is 597 g/mol. The molecule has 0 saturated heterocycles. The normalized spacial score (nSPS) is 18.1. The highest BCUT2D eigenvalue weighted by atomic mass is 32.2. The first-order valence-corrected chi connectivity index (χ1v) is 17.8. The maximum Gasteiger partial charge on any atom is 0.333 e. The molecule has 3 aromatic rings. The summed E-state index contributed by atoms with van der Waals surface area (Å²) in [5.41, 5.74) is 1.72. The second-order valence-corrected chi connectivity index (χ2v) is 14.0. The number of carbonyl (C=O) groups excluding carboxylic acids is 2. The number of hydrogen-bond acceptors (Lipinski definition) is 8. The van der Waals surface area contributed by atoms with E-state index in [9.17, 15) is 18.0 Å². The summed E-state index contributed by atoms with van der Waals surface area (Å²) < 4.78 is 39.3. The van der Waals surface area contributed by atoms with Gasteiger partial charge in [-0.15, -0.1) is 11.8 Å². The van der Waals surface area contributed by atoms with Crippen molar-refractivity contribution in [2.75, 3.05) is 44.2 Å². The van der Waals surface area contributed by atoms with Gasteiger partial charge < -0.3 is 19.3 Å². The second-order valence-electron chi connectivity index (χ2n) is 11.2. The van der Waals surface area contributed by atoms with Gasteiger partial charge in [0.1, 0.15) is 5.75 Å². The molecule has 0 spiro atoms. The molecule has 0 fully saturated rings. The fourth-order valence-electron chi connectivity index (χ4n) is 5.79. The van der Waals surface area contributed by atoms with Crippen LogP contribution in [0.15, 0.2) is 82.6 Å². The van der Waals surface area contributed by atoms with Crippen molar-refractivity contribution >= 4 is 44.9 Å². The Hall–Kier alpha value is -3.50. The maximum absolute atomic E-state index is 14.1. The summed E-state index contributed by atoms with van der Waals surface area (Å²) >= 11 is 1.42. The zero-order valence-electron chi connectivity index (χ0n) is 26.1. The molecule has 0 N–H and O–H groups in total. The number of unbranched alkanes of at least 4 members (excludes halogenated alkanes) is 1. The molecule has 1 amide bonds. The van der Waals surface area contributed by atoms with Gasteiger partial charge >= 0.3 is 5.97 Å². The molecule has 8 nitrogen and oxygen atoms in total. The van der Waals surface area contributed by atoms with Gasteiger partial charge in [0.25, 0.3) is 5.91 Å². The third-order valence-corrected chi connectivity index (χ3v) is 11.2. The zero-order chi connectivity index (χ0) is 31.9. The van der Waals surface area contributed by atoms with E-state index in [2.05, 4.69) is 18.7 Å². The molecule has 10 heteroatoms. The number of thioether (sulfide) groups is 1. The number of para-hydroxylation sites is 1. The largest absolute Gasteiger partial charge is 0.483 e. The van der Waals surface area contributed by atoms with Crippen LogP contribution in [0.3, 0.4) is 0 Å². The van der Waals surface area contributed by atoms with Crippen LogP contribution >= 0.6 is 11.8 Å². The molecule has 236 valence electrons. The molecule has 0 radical (unpaired) electrons. The smallest absolute Gasteiger partial charge is 0.333 e. The number of anilines is 2. The second kappa shape index (κ2) is 14.5. The lowest BCUT2D eigenvalue weighted by Crippen LogP contribution is -2.39. The molecule has 3 aromatic carbocycles. The van der Waals surface area contributed by atoms with Crippen molar-refractivity contribution in [3.05, 3.63) is 78.4 Å². The van der Waals surface area contributed by atoms with Crippen LogP contribution in [0.2, 0.25) is 0 Å². The molecule has 1 aliphatic rings. The monoisotopic (exact) mass is 638 g/mol. The number of hydrogen-bond donors (Lipinski definition) is 0. The summed E-state index contributed by atoms with van der Waals surface area (Å²) in [5, 5.41) is 0. The number of benzene rings is 3. The predicted octanol–water partition coefficient (Wildman–Crippen LogP) is 6.67. The van der Waals surface area contributed by atoms with Crippen LogP contribution in [0.1, 0.15) is 51.1 Å². The molecule has 2 atom stereocenters. The summed E-state index contributed by atoms with van der Waals surface area (Å²) in [6.07, 6.45) is 5.35. The van der Waals surface area contributed by atoms with Crippen molar-refractivity contribution in [1.82, 2.24) is 4.90 Å². The zero-order valence-corrected chi connectivity index (χ0v) is 27.7. The van der Waals surface area contributed by atoms with Gasteiger partial charge in [0.05, 0.1) is 28.3 Å². The van der Waals surface area contributed by atoms with Crippen LogP contribution < -0.4 is 9.64 Å². The Bertz CT molecular complexity index is 1550. The SMILES string of the molecule is CCCCC1(CC)CN(c2ccccc2)c2cc(SC)c(OCC(=O)N(C)C(C(=O)OC)c3ccccc3)cc2S(=O)(=O)C1. The lowest BCUT2D eigenvalue weighted by atomic mass is 9.81. The summed E-state index contributed by atoms with van der Waals surface area (Å²) in [4.78, 5) is 30.3. The number of rotatable bonds is 12. The van der Waals surface area contributed by atoms with E-state index in [0.29, 0.717) is 28.4 Å². The number of amides is 1. The molecule has 2 unspecified atom stereocenters. The van der Waals surface area contributed by atoms with Crippen molar-refractivity contribution in [2.45, 2.75) is 55.4 Å². The first kappa shape index (κ1) is 33.4. The van der Waals surface area contributed by atoms with Crippen LogP contribution in [0.5, 0.6) is 5.75 Å². The van der Waals surface area contributed by atoms with Gasteiger partial charge in [-0.05, 0) is 42.9 Å². The Morgan fingerprint density at radius 1 is 1.05 bits per heavy atom. The van der Waals surface area contributed by atoms with E-state index in [4.69, 9.17) is 9.47 Å². The van der Waals surface area contributed by atoms with E-state index < -0.39 is 33.2 Å². The third kappa shape index (κ3) is 7.24. The van der Waals surface area contributed by atoms with Crippen molar-refractivity contribution < 1.29 is 27.5 Å². The summed E-state index contributed by atoms with van der Waals surface area (Å²) in [7, 11) is -0.920. The predicted molar refractivity (Wildman–Crippen MR) is 175 cm³/mol. The summed E-state index contributed by atoms with van der Waals surface area (Å²) in [5.74, 6) is -0.688. The van der Waals surface area contributed by atoms with Crippen LogP contribution in [0, 0.1) is 5.41 Å². The first-order valence-electron chi connectivity index (χ1n) is 14.9. The minimum Gasteiger partial charge on any atom is -0.483 e. The number of methoxy groups -OCH3 is 1. The Kier molecular flexibility index (Phi) is 11.0. The number of esters is 1. The maximum atomic E-state index is 14.1. The van der Waals surface area contributed by atoms with Gasteiger partial charge in [-0.2, -0.15) is 0 Å². The minimum atomic E-state index is -3.72. The highest BCUT2D eigenvalue weighted by molar-refractivity contribution is 7.98. The van der Waals surface area contributed by atoms with Crippen LogP contribution in [-0.2, 0) is 24.2 Å². The molecule has 1 heterocycles. The fraction of sp³-hybridized carbons (Fsp3) is 0.412. The molecule has 44 heavy (non-hydrogen) atoms. The van der Waals surface area contributed by atoms with Gasteiger partial charge in [-0.3, -0.25) is 4.79 Å². The molecular formula is C34H42N2O6S2. The number of ether oxygens (including phenoxy) is 2.